The summed E-state index contributed by atoms with van der Waals surface area (Å²) in [5.74, 6) is -2.70. The molecular weight excluding hydrogens is 478 g/mol. The molecule has 0 saturated heterocycles. The Kier molecular flexibility index (Phi) is 5.00. The van der Waals surface area contributed by atoms with Gasteiger partial charge in [-0.25, -0.2) is 9.37 Å². The second-order valence-corrected chi connectivity index (χ2v) is 8.75. The Hall–Kier alpha value is -3.20. The molecule has 32 heavy (non-hydrogen) atoms. The Morgan fingerprint density at radius 1 is 1.16 bits per heavy atom. The van der Waals surface area contributed by atoms with Crippen LogP contribution in [0.25, 0.3) is 10.2 Å². The Morgan fingerprint density at radius 3 is 2.69 bits per heavy atom. The molecule has 0 radical (unpaired) electrons. The minimum Gasteiger partial charge on any atom is -0.503 e. The number of hydrogen-bond acceptors (Lipinski definition) is 6. The van der Waals surface area contributed by atoms with Crippen molar-refractivity contribution in [3.05, 3.63) is 93.3 Å². The van der Waals surface area contributed by atoms with Crippen molar-refractivity contribution in [3.63, 3.8) is 0 Å². The van der Waals surface area contributed by atoms with Crippen LogP contribution in [0.2, 0.25) is 10.0 Å². The van der Waals surface area contributed by atoms with E-state index in [1.807, 2.05) is 0 Å². The number of thiazole rings is 1. The maximum atomic E-state index is 13.7. The first kappa shape index (κ1) is 20.7. The average molecular weight is 489 g/mol. The van der Waals surface area contributed by atoms with Crippen LogP contribution in [-0.2, 0) is 4.79 Å². The molecule has 1 atom stereocenters. The molecule has 5 rings (SSSR count). The molecule has 1 amide bonds. The normalized spacial score (nSPS) is 16.4. The monoisotopic (exact) mass is 488 g/mol. The Balaban J connectivity index is 1.70. The van der Waals surface area contributed by atoms with E-state index < -0.39 is 29.3 Å². The molecule has 160 valence electrons. The van der Waals surface area contributed by atoms with Crippen LogP contribution in [0.5, 0.6) is 0 Å². The first-order valence-electron chi connectivity index (χ1n) is 9.21. The van der Waals surface area contributed by atoms with Crippen LogP contribution in [-0.4, -0.2) is 21.8 Å². The zero-order chi connectivity index (χ0) is 22.6. The van der Waals surface area contributed by atoms with Gasteiger partial charge in [0.25, 0.3) is 5.91 Å². The van der Waals surface area contributed by atoms with E-state index in [0.29, 0.717) is 15.8 Å². The summed E-state index contributed by atoms with van der Waals surface area (Å²) in [6.07, 6.45) is 1.32. The van der Waals surface area contributed by atoms with Crippen LogP contribution in [0.4, 0.5) is 9.52 Å². The summed E-state index contributed by atoms with van der Waals surface area (Å²) in [4.78, 5) is 31.9. The third kappa shape index (κ3) is 3.28. The van der Waals surface area contributed by atoms with E-state index in [-0.39, 0.29) is 26.5 Å². The molecular formula is C22H11Cl2FN2O4S. The number of fused-ring (bicyclic) bond motifs is 1. The molecule has 1 N–H and O–H groups in total. The molecule has 1 aliphatic heterocycles. The third-order valence-corrected chi connectivity index (χ3v) is 6.76. The molecule has 0 spiro atoms. The third-order valence-electron chi connectivity index (χ3n) is 5.00. The fourth-order valence-corrected chi connectivity index (χ4v) is 4.89. The molecule has 0 saturated carbocycles. The summed E-state index contributed by atoms with van der Waals surface area (Å²) in [7, 11) is 0. The highest BCUT2D eigenvalue weighted by molar-refractivity contribution is 7.22. The molecule has 0 fully saturated rings. The van der Waals surface area contributed by atoms with Gasteiger partial charge in [-0.2, -0.15) is 0 Å². The number of aromatic nitrogens is 1. The van der Waals surface area contributed by atoms with E-state index in [2.05, 4.69) is 4.98 Å². The van der Waals surface area contributed by atoms with E-state index in [9.17, 15) is 19.1 Å². The predicted molar refractivity (Wildman–Crippen MR) is 119 cm³/mol. The summed E-state index contributed by atoms with van der Waals surface area (Å²) in [5.41, 5.74) is 0.711. The smallest absolute Gasteiger partial charge is 0.296 e. The molecule has 0 bridgehead atoms. The van der Waals surface area contributed by atoms with Gasteiger partial charge in [-0.15, -0.1) is 0 Å². The average Bonchev–Trinajstić information content (AvgIpc) is 3.48. The maximum Gasteiger partial charge on any atom is 0.296 e. The largest absolute Gasteiger partial charge is 0.503 e. The van der Waals surface area contributed by atoms with Crippen molar-refractivity contribution in [1.29, 1.82) is 0 Å². The number of carbonyl (C=O) groups excluding carboxylic acids is 2. The number of benzene rings is 2. The van der Waals surface area contributed by atoms with Crippen molar-refractivity contribution < 1.29 is 23.5 Å². The van der Waals surface area contributed by atoms with E-state index in [1.54, 1.807) is 6.07 Å². The summed E-state index contributed by atoms with van der Waals surface area (Å²) >= 11 is 13.3. The minimum absolute atomic E-state index is 0.0439. The highest BCUT2D eigenvalue weighted by Crippen LogP contribution is 2.45. The molecule has 1 aliphatic rings. The van der Waals surface area contributed by atoms with Gasteiger partial charge in [0.05, 0.1) is 38.1 Å². The quantitative estimate of drug-likeness (QED) is 0.350. The molecule has 3 heterocycles. The summed E-state index contributed by atoms with van der Waals surface area (Å²) < 4.78 is 19.4. The molecule has 2 aromatic heterocycles. The maximum absolute atomic E-state index is 13.7. The lowest BCUT2D eigenvalue weighted by atomic mass is 9.95. The van der Waals surface area contributed by atoms with Gasteiger partial charge in [-0.05, 0) is 48.0 Å². The molecule has 0 aliphatic carbocycles. The standard InChI is InChI=1S/C22H11Cl2FN2O4S/c23-12-5-3-10(8-13(12)24)18-17(19(28)15-2-1-7-31-15)20(29)21(30)27(18)22-26-14-6-4-11(25)9-16(14)32-22/h1-9,18,29H. The van der Waals surface area contributed by atoms with Gasteiger partial charge in [-0.1, -0.05) is 40.6 Å². The highest BCUT2D eigenvalue weighted by Gasteiger charge is 2.46. The summed E-state index contributed by atoms with van der Waals surface area (Å²) in [6.45, 7) is 0. The number of Topliss-reactive ketones (excluding diaryl/α,β-unsaturated/α-hetero) is 1. The van der Waals surface area contributed by atoms with E-state index >= 15 is 0 Å². The Labute approximate surface area is 194 Å². The first-order valence-corrected chi connectivity index (χ1v) is 10.8. The highest BCUT2D eigenvalue weighted by atomic mass is 35.5. The van der Waals surface area contributed by atoms with Crippen LogP contribution in [0.3, 0.4) is 0 Å². The SMILES string of the molecule is O=C(C1=C(O)C(=O)N(c2nc3ccc(F)cc3s2)C1c1ccc(Cl)c(Cl)c1)c1ccco1. The van der Waals surface area contributed by atoms with Crippen molar-refractivity contribution >= 4 is 61.6 Å². The number of aliphatic hydroxyl groups is 1. The molecule has 6 nitrogen and oxygen atoms in total. The van der Waals surface area contributed by atoms with Gasteiger partial charge in [0.2, 0.25) is 5.78 Å². The number of furan rings is 1. The Bertz CT molecular complexity index is 1430. The molecule has 2 aromatic carbocycles. The number of halogens is 3. The molecule has 10 heteroatoms. The fraction of sp³-hybridized carbons (Fsp3) is 0.0455. The predicted octanol–water partition coefficient (Wildman–Crippen LogP) is 6.12. The number of amides is 1. The van der Waals surface area contributed by atoms with Crippen molar-refractivity contribution in [3.8, 4) is 0 Å². The van der Waals surface area contributed by atoms with Gasteiger partial charge in [0.1, 0.15) is 5.82 Å². The van der Waals surface area contributed by atoms with E-state index in [1.165, 1.54) is 53.6 Å². The number of nitrogens with zero attached hydrogens (tertiary/aromatic N) is 2. The van der Waals surface area contributed by atoms with Crippen molar-refractivity contribution in [2.24, 2.45) is 0 Å². The van der Waals surface area contributed by atoms with Crippen molar-refractivity contribution in [2.75, 3.05) is 4.90 Å². The first-order chi connectivity index (χ1) is 15.3. The van der Waals surface area contributed by atoms with Gasteiger partial charge in [0.15, 0.2) is 16.7 Å². The summed E-state index contributed by atoms with van der Waals surface area (Å²) in [5, 5.41) is 11.4. The number of aliphatic hydroxyl groups excluding tert-OH is 1. The number of rotatable bonds is 4. The second kappa shape index (κ2) is 7.74. The van der Waals surface area contributed by atoms with Crippen LogP contribution >= 0.6 is 34.5 Å². The lowest BCUT2D eigenvalue weighted by Gasteiger charge is -2.24. The van der Waals surface area contributed by atoms with Crippen LogP contribution in [0, 0.1) is 5.82 Å². The van der Waals surface area contributed by atoms with Crippen molar-refractivity contribution in [2.45, 2.75) is 6.04 Å². The van der Waals surface area contributed by atoms with Crippen LogP contribution in [0.1, 0.15) is 22.2 Å². The molecule has 4 aromatic rings. The van der Waals surface area contributed by atoms with Gasteiger partial charge in [0, 0.05) is 0 Å². The number of carbonyl (C=O) groups is 2. The minimum atomic E-state index is -1.06. The molecule has 1 unspecified atom stereocenters. The van der Waals surface area contributed by atoms with E-state index in [4.69, 9.17) is 27.6 Å². The van der Waals surface area contributed by atoms with Gasteiger partial charge >= 0.3 is 0 Å². The number of anilines is 1. The van der Waals surface area contributed by atoms with E-state index in [0.717, 1.165) is 11.3 Å². The topological polar surface area (TPSA) is 83.6 Å². The number of ketones is 1. The number of hydrogen-bond donors (Lipinski definition) is 1. The lowest BCUT2D eigenvalue weighted by molar-refractivity contribution is -0.117. The van der Waals surface area contributed by atoms with Crippen molar-refractivity contribution in [1.82, 2.24) is 4.98 Å². The summed E-state index contributed by atoms with van der Waals surface area (Å²) in [6, 6.07) is 10.6. The van der Waals surface area contributed by atoms with Crippen LogP contribution < -0.4 is 4.90 Å². The second-order valence-electron chi connectivity index (χ2n) is 6.93. The zero-order valence-corrected chi connectivity index (χ0v) is 18.2. The van der Waals surface area contributed by atoms with Gasteiger partial charge in [-0.3, -0.25) is 14.5 Å². The Morgan fingerprint density at radius 2 is 1.97 bits per heavy atom. The van der Waals surface area contributed by atoms with Gasteiger partial charge < -0.3 is 9.52 Å². The zero-order valence-electron chi connectivity index (χ0n) is 15.9. The lowest BCUT2D eigenvalue weighted by Crippen LogP contribution is -2.31. The fourth-order valence-electron chi connectivity index (χ4n) is 3.56. The van der Waals surface area contributed by atoms with Crippen LogP contribution in [0.15, 0.2) is 70.5 Å².